The average molecular weight is 441 g/mol. The molecule has 0 aliphatic heterocycles. The summed E-state index contributed by atoms with van der Waals surface area (Å²) in [5.74, 6) is -0.0700. The van der Waals surface area contributed by atoms with Crippen molar-refractivity contribution in [3.63, 3.8) is 0 Å². The zero-order valence-corrected chi connectivity index (χ0v) is 18.5. The zero-order chi connectivity index (χ0) is 22.4. The summed E-state index contributed by atoms with van der Waals surface area (Å²) in [6.45, 7) is 6.46. The van der Waals surface area contributed by atoms with E-state index in [1.54, 1.807) is 35.9 Å². The van der Waals surface area contributed by atoms with Crippen molar-refractivity contribution < 1.29 is 14.3 Å². The number of hydrogen-bond donors (Lipinski definition) is 2. The number of nitrogens with zero attached hydrogens (tertiary/aromatic N) is 2. The van der Waals surface area contributed by atoms with Crippen LogP contribution in [-0.2, 0) is 11.3 Å². The molecule has 1 aromatic heterocycles. The van der Waals surface area contributed by atoms with E-state index in [2.05, 4.69) is 15.7 Å². The van der Waals surface area contributed by atoms with Crippen molar-refractivity contribution in [2.75, 3.05) is 18.5 Å². The summed E-state index contributed by atoms with van der Waals surface area (Å²) in [5.41, 5.74) is 3.57. The quantitative estimate of drug-likeness (QED) is 0.555. The van der Waals surface area contributed by atoms with Crippen LogP contribution < -0.4 is 15.4 Å². The van der Waals surface area contributed by atoms with Crippen LogP contribution in [-0.4, -0.2) is 34.7 Å². The van der Waals surface area contributed by atoms with Gasteiger partial charge in [-0.15, -0.1) is 0 Å². The second kappa shape index (κ2) is 10.1. The number of anilines is 1. The summed E-state index contributed by atoms with van der Waals surface area (Å²) in [6, 6.07) is 15.0. The van der Waals surface area contributed by atoms with Crippen molar-refractivity contribution in [1.29, 1.82) is 0 Å². The molecule has 0 saturated heterocycles. The lowest BCUT2D eigenvalue weighted by Gasteiger charge is -2.08. The van der Waals surface area contributed by atoms with Gasteiger partial charge in [-0.1, -0.05) is 41.4 Å². The van der Waals surface area contributed by atoms with Crippen LogP contribution >= 0.6 is 11.6 Å². The monoisotopic (exact) mass is 440 g/mol. The Hall–Kier alpha value is -3.32. The minimum absolute atomic E-state index is 0.190. The Bertz CT molecular complexity index is 1060. The lowest BCUT2D eigenvalue weighted by molar-refractivity contribution is -0.115. The maximum Gasteiger partial charge on any atom is 0.256 e. The van der Waals surface area contributed by atoms with Gasteiger partial charge >= 0.3 is 0 Å². The second-order valence-electron chi connectivity index (χ2n) is 7.08. The summed E-state index contributed by atoms with van der Waals surface area (Å²) in [5, 5.41) is 9.95. The number of aromatic nitrogens is 2. The number of aryl methyl sites for hydroxylation is 2. The van der Waals surface area contributed by atoms with E-state index >= 15 is 0 Å². The molecule has 0 radical (unpaired) electrons. The minimum atomic E-state index is -0.445. The number of benzene rings is 2. The molecule has 0 atom stereocenters. The minimum Gasteiger partial charge on any atom is -0.494 e. The second-order valence-corrected chi connectivity index (χ2v) is 7.44. The zero-order valence-electron chi connectivity index (χ0n) is 17.7. The van der Waals surface area contributed by atoms with E-state index in [9.17, 15) is 9.59 Å². The summed E-state index contributed by atoms with van der Waals surface area (Å²) >= 11 is 6.42. The molecule has 0 unspecified atom stereocenters. The summed E-state index contributed by atoms with van der Waals surface area (Å²) in [6.07, 6.45) is 0. The maximum absolute atomic E-state index is 12.6. The van der Waals surface area contributed by atoms with Crippen LogP contribution in [0.25, 0.3) is 0 Å². The van der Waals surface area contributed by atoms with Crippen molar-refractivity contribution in [3.05, 3.63) is 76.1 Å². The first-order valence-corrected chi connectivity index (χ1v) is 10.3. The van der Waals surface area contributed by atoms with Gasteiger partial charge in [0.1, 0.15) is 10.9 Å². The van der Waals surface area contributed by atoms with E-state index in [1.165, 1.54) is 0 Å². The molecule has 0 aliphatic carbocycles. The predicted molar refractivity (Wildman–Crippen MR) is 121 cm³/mol. The number of ether oxygens (including phenoxy) is 1. The van der Waals surface area contributed by atoms with Crippen molar-refractivity contribution >= 4 is 29.1 Å². The van der Waals surface area contributed by atoms with Gasteiger partial charge in [0.05, 0.1) is 31.0 Å². The normalized spacial score (nSPS) is 10.6. The molecule has 8 heteroatoms. The van der Waals surface area contributed by atoms with Gasteiger partial charge in [-0.25, -0.2) is 4.68 Å². The summed E-state index contributed by atoms with van der Waals surface area (Å²) in [4.78, 5) is 24.8. The molecule has 0 aliphatic rings. The lowest BCUT2D eigenvalue weighted by Crippen LogP contribution is -2.33. The Morgan fingerprint density at radius 1 is 1.06 bits per heavy atom. The van der Waals surface area contributed by atoms with Crippen LogP contribution in [0.3, 0.4) is 0 Å². The molecule has 2 amide bonds. The first-order valence-electron chi connectivity index (χ1n) is 9.96. The number of halogens is 1. The van der Waals surface area contributed by atoms with Crippen molar-refractivity contribution in [2.24, 2.45) is 0 Å². The number of carbonyl (C=O) groups excluding carboxylic acids is 2. The first kappa shape index (κ1) is 22.4. The van der Waals surface area contributed by atoms with Gasteiger partial charge in [-0.05, 0) is 50.6 Å². The highest BCUT2D eigenvalue weighted by molar-refractivity contribution is 6.33. The van der Waals surface area contributed by atoms with Gasteiger partial charge < -0.3 is 15.4 Å². The molecule has 0 spiro atoms. The van der Waals surface area contributed by atoms with E-state index in [4.69, 9.17) is 16.3 Å². The molecule has 162 valence electrons. The molecule has 2 aromatic carbocycles. The molecule has 0 saturated carbocycles. The van der Waals surface area contributed by atoms with Crippen molar-refractivity contribution in [2.45, 2.75) is 27.3 Å². The third-order valence-electron chi connectivity index (χ3n) is 4.60. The Morgan fingerprint density at radius 2 is 1.74 bits per heavy atom. The molecule has 3 aromatic rings. The number of nitrogens with one attached hydrogen (secondary N) is 2. The molecular formula is C23H25ClN4O3. The van der Waals surface area contributed by atoms with Gasteiger partial charge in [0.15, 0.2) is 0 Å². The van der Waals surface area contributed by atoms with Gasteiger partial charge in [0, 0.05) is 5.69 Å². The largest absolute Gasteiger partial charge is 0.494 e. The molecule has 3 rings (SSSR count). The third-order valence-corrected chi connectivity index (χ3v) is 4.99. The SMILES string of the molecule is CCOc1ccc(NC(=O)CNC(=O)c2c(C)nn(Cc3ccc(C)cc3)c2Cl)cc1. The molecule has 0 bridgehead atoms. The highest BCUT2D eigenvalue weighted by atomic mass is 35.5. The van der Waals surface area contributed by atoms with Gasteiger partial charge in [-0.2, -0.15) is 5.10 Å². The Balaban J connectivity index is 1.59. The number of rotatable bonds is 8. The Kier molecular flexibility index (Phi) is 7.31. The highest BCUT2D eigenvalue weighted by Crippen LogP contribution is 2.21. The van der Waals surface area contributed by atoms with Crippen LogP contribution in [0.5, 0.6) is 5.75 Å². The summed E-state index contributed by atoms with van der Waals surface area (Å²) in [7, 11) is 0. The van der Waals surface area contributed by atoms with Crippen LogP contribution in [0, 0.1) is 13.8 Å². The standard InChI is InChI=1S/C23H25ClN4O3/c1-4-31-19-11-9-18(10-12-19)26-20(29)13-25-23(30)21-16(3)27-28(22(21)24)14-17-7-5-15(2)6-8-17/h5-12H,4,13-14H2,1-3H3,(H,25,30)(H,26,29). The van der Waals surface area contributed by atoms with Crippen molar-refractivity contribution in [1.82, 2.24) is 15.1 Å². The number of carbonyl (C=O) groups is 2. The molecule has 0 fully saturated rings. The van der Waals surface area contributed by atoms with E-state index in [0.29, 0.717) is 24.5 Å². The predicted octanol–water partition coefficient (Wildman–Crippen LogP) is 3.97. The molecule has 2 N–H and O–H groups in total. The smallest absolute Gasteiger partial charge is 0.256 e. The van der Waals surface area contributed by atoms with Crippen LogP contribution in [0.2, 0.25) is 5.15 Å². The molecule has 31 heavy (non-hydrogen) atoms. The number of amides is 2. The third kappa shape index (κ3) is 5.86. The Labute approximate surface area is 186 Å². The van der Waals surface area contributed by atoms with E-state index in [0.717, 1.165) is 16.9 Å². The average Bonchev–Trinajstić information content (AvgIpc) is 3.02. The highest BCUT2D eigenvalue weighted by Gasteiger charge is 2.21. The fraction of sp³-hybridized carbons (Fsp3) is 0.261. The van der Waals surface area contributed by atoms with E-state index < -0.39 is 5.91 Å². The van der Waals surface area contributed by atoms with Gasteiger partial charge in [0.25, 0.3) is 5.91 Å². The maximum atomic E-state index is 12.6. The number of hydrogen-bond acceptors (Lipinski definition) is 4. The van der Waals surface area contributed by atoms with Crippen molar-refractivity contribution in [3.8, 4) is 5.75 Å². The van der Waals surface area contributed by atoms with Gasteiger partial charge in [0.2, 0.25) is 5.91 Å². The summed E-state index contributed by atoms with van der Waals surface area (Å²) < 4.78 is 6.95. The first-order chi connectivity index (χ1) is 14.9. The van der Waals surface area contributed by atoms with E-state index in [1.807, 2.05) is 38.1 Å². The lowest BCUT2D eigenvalue weighted by atomic mass is 10.1. The molecule has 1 heterocycles. The Morgan fingerprint density at radius 3 is 2.39 bits per heavy atom. The van der Waals surface area contributed by atoms with Crippen LogP contribution in [0.4, 0.5) is 5.69 Å². The van der Waals surface area contributed by atoms with Crippen LogP contribution in [0.1, 0.15) is 34.1 Å². The fourth-order valence-corrected chi connectivity index (χ4v) is 3.36. The van der Waals surface area contributed by atoms with E-state index in [-0.39, 0.29) is 23.2 Å². The topological polar surface area (TPSA) is 85.2 Å². The molecular weight excluding hydrogens is 416 g/mol. The molecule has 7 nitrogen and oxygen atoms in total. The fourth-order valence-electron chi connectivity index (χ4n) is 3.04. The van der Waals surface area contributed by atoms with Crippen LogP contribution in [0.15, 0.2) is 48.5 Å². The van der Waals surface area contributed by atoms with Gasteiger partial charge in [-0.3, -0.25) is 9.59 Å².